The maximum atomic E-state index is 13.2. The molecule has 1 heterocycles. The Kier molecular flexibility index (Phi) is 5.11. The summed E-state index contributed by atoms with van der Waals surface area (Å²) < 4.78 is 6.51. The molecule has 0 aliphatic rings. The highest BCUT2D eigenvalue weighted by molar-refractivity contribution is 6.02. The van der Waals surface area contributed by atoms with Gasteiger partial charge in [0.15, 0.2) is 0 Å². The molecule has 4 rings (SSSR count). The number of pyridine rings is 1. The molecule has 0 radical (unpaired) electrons. The number of aryl methyl sites for hydroxylation is 2. The summed E-state index contributed by atoms with van der Waals surface area (Å²) in [5.74, 6) is 0.602. The van der Waals surface area contributed by atoms with Crippen molar-refractivity contribution in [2.75, 3.05) is 7.11 Å². The minimum Gasteiger partial charge on any atom is -0.497 e. The molecule has 5 nitrogen and oxygen atoms in total. The van der Waals surface area contributed by atoms with E-state index in [0.29, 0.717) is 27.7 Å². The van der Waals surface area contributed by atoms with Crippen LogP contribution in [-0.4, -0.2) is 23.0 Å². The van der Waals surface area contributed by atoms with Gasteiger partial charge in [-0.3, -0.25) is 9.79 Å². The van der Waals surface area contributed by atoms with Gasteiger partial charge in [0.25, 0.3) is 5.56 Å². The Labute approximate surface area is 174 Å². The number of benzene rings is 3. The topological polar surface area (TPSA) is 63.8 Å². The van der Waals surface area contributed by atoms with Crippen LogP contribution < -0.4 is 10.3 Å². The lowest BCUT2D eigenvalue weighted by Crippen LogP contribution is -2.20. The molecule has 1 N–H and O–H groups in total. The van der Waals surface area contributed by atoms with Gasteiger partial charge in [-0.15, -0.1) is 0 Å². The molecule has 30 heavy (non-hydrogen) atoms. The van der Waals surface area contributed by atoms with Gasteiger partial charge in [-0.05, 0) is 67.4 Å². The number of aromatic hydroxyl groups is 1. The number of ether oxygens (including phenoxy) is 1. The van der Waals surface area contributed by atoms with E-state index >= 15 is 0 Å². The summed E-state index contributed by atoms with van der Waals surface area (Å²) in [4.78, 5) is 17.7. The molecular weight excluding hydrogens is 376 g/mol. The van der Waals surface area contributed by atoms with Crippen molar-refractivity contribution in [2.24, 2.45) is 4.99 Å². The van der Waals surface area contributed by atoms with Crippen molar-refractivity contribution in [3.63, 3.8) is 0 Å². The zero-order chi connectivity index (χ0) is 21.3. The highest BCUT2D eigenvalue weighted by atomic mass is 16.5. The van der Waals surface area contributed by atoms with Crippen LogP contribution in [-0.2, 0) is 0 Å². The Morgan fingerprint density at radius 3 is 2.30 bits per heavy atom. The van der Waals surface area contributed by atoms with E-state index in [2.05, 4.69) is 4.99 Å². The maximum absolute atomic E-state index is 13.2. The monoisotopic (exact) mass is 398 g/mol. The smallest absolute Gasteiger partial charge is 0.265 e. The van der Waals surface area contributed by atoms with Crippen LogP contribution in [0.4, 0.5) is 5.69 Å². The third-order valence-corrected chi connectivity index (χ3v) is 5.27. The molecule has 0 aliphatic carbocycles. The molecule has 3 aromatic carbocycles. The molecule has 5 heteroatoms. The first-order valence-corrected chi connectivity index (χ1v) is 9.62. The SMILES string of the molecule is COc1ccc(N=Cc2c(O)n(-c3ccc(C)c(C)c3)c(=O)c3ccccc23)cc1. The Morgan fingerprint density at radius 1 is 0.933 bits per heavy atom. The first-order chi connectivity index (χ1) is 14.5. The number of aliphatic imine (C=N–C) groups is 1. The molecule has 0 bridgehead atoms. The standard InChI is InChI=1S/C25H22N2O3/c1-16-8-11-19(14-17(16)2)27-24(28)22-7-5-4-6-21(22)23(25(27)29)15-26-18-9-12-20(30-3)13-10-18/h4-15,29H,1-3H3. The average Bonchev–Trinajstić information content (AvgIpc) is 2.76. The van der Waals surface area contributed by atoms with Crippen molar-refractivity contribution in [1.29, 1.82) is 0 Å². The molecule has 0 saturated heterocycles. The lowest BCUT2D eigenvalue weighted by atomic mass is 10.1. The zero-order valence-corrected chi connectivity index (χ0v) is 17.1. The number of aromatic nitrogens is 1. The van der Waals surface area contributed by atoms with Gasteiger partial charge in [0.1, 0.15) is 5.75 Å². The van der Waals surface area contributed by atoms with Crippen molar-refractivity contribution in [1.82, 2.24) is 4.57 Å². The van der Waals surface area contributed by atoms with Crippen molar-refractivity contribution < 1.29 is 9.84 Å². The fraction of sp³-hybridized carbons (Fsp3) is 0.120. The number of hydrogen-bond donors (Lipinski definition) is 1. The lowest BCUT2D eigenvalue weighted by Gasteiger charge is -2.14. The Bertz CT molecular complexity index is 1320. The summed E-state index contributed by atoms with van der Waals surface area (Å²) in [7, 11) is 1.61. The summed E-state index contributed by atoms with van der Waals surface area (Å²) >= 11 is 0. The van der Waals surface area contributed by atoms with E-state index < -0.39 is 0 Å². The Morgan fingerprint density at radius 2 is 1.63 bits per heavy atom. The predicted molar refractivity (Wildman–Crippen MR) is 121 cm³/mol. The second kappa shape index (κ2) is 7.87. The molecule has 1 aromatic heterocycles. The van der Waals surface area contributed by atoms with E-state index in [0.717, 1.165) is 16.9 Å². The summed E-state index contributed by atoms with van der Waals surface area (Å²) in [6, 6.07) is 20.2. The number of hydrogen-bond acceptors (Lipinski definition) is 4. The van der Waals surface area contributed by atoms with Gasteiger partial charge in [-0.25, -0.2) is 4.57 Å². The third-order valence-electron chi connectivity index (χ3n) is 5.27. The number of nitrogens with zero attached hydrogens (tertiary/aromatic N) is 2. The fourth-order valence-corrected chi connectivity index (χ4v) is 3.40. The molecule has 0 amide bonds. The summed E-state index contributed by atoms with van der Waals surface area (Å²) in [5, 5.41) is 12.3. The molecule has 0 unspecified atom stereocenters. The summed E-state index contributed by atoms with van der Waals surface area (Å²) in [6.45, 7) is 3.99. The van der Waals surface area contributed by atoms with Crippen LogP contribution in [0.3, 0.4) is 0 Å². The number of fused-ring (bicyclic) bond motifs is 1. The minimum atomic E-state index is -0.270. The van der Waals surface area contributed by atoms with Crippen molar-refractivity contribution >= 4 is 22.7 Å². The van der Waals surface area contributed by atoms with Gasteiger partial charge in [0.2, 0.25) is 5.88 Å². The number of rotatable bonds is 4. The normalized spacial score (nSPS) is 11.3. The Hall–Kier alpha value is -3.86. The van der Waals surface area contributed by atoms with E-state index in [1.165, 1.54) is 4.57 Å². The van der Waals surface area contributed by atoms with E-state index in [4.69, 9.17) is 4.74 Å². The first-order valence-electron chi connectivity index (χ1n) is 9.62. The molecule has 4 aromatic rings. The molecule has 0 atom stereocenters. The second-order valence-corrected chi connectivity index (χ2v) is 7.15. The van der Waals surface area contributed by atoms with E-state index in [1.807, 2.05) is 74.5 Å². The van der Waals surface area contributed by atoms with Gasteiger partial charge in [-0.1, -0.05) is 24.3 Å². The van der Waals surface area contributed by atoms with Crippen LogP contribution in [0.25, 0.3) is 16.5 Å². The van der Waals surface area contributed by atoms with Crippen LogP contribution in [0, 0.1) is 13.8 Å². The van der Waals surface area contributed by atoms with E-state index in [-0.39, 0.29) is 11.4 Å². The van der Waals surface area contributed by atoms with Crippen molar-refractivity contribution in [3.8, 4) is 17.3 Å². The fourth-order valence-electron chi connectivity index (χ4n) is 3.40. The van der Waals surface area contributed by atoms with Crippen LogP contribution in [0.5, 0.6) is 11.6 Å². The van der Waals surface area contributed by atoms with Gasteiger partial charge < -0.3 is 9.84 Å². The van der Waals surface area contributed by atoms with Crippen LogP contribution >= 0.6 is 0 Å². The van der Waals surface area contributed by atoms with Gasteiger partial charge in [-0.2, -0.15) is 0 Å². The average molecular weight is 398 g/mol. The Balaban J connectivity index is 1.93. The minimum absolute atomic E-state index is 0.140. The van der Waals surface area contributed by atoms with Crippen LogP contribution in [0.1, 0.15) is 16.7 Å². The van der Waals surface area contributed by atoms with E-state index in [9.17, 15) is 9.90 Å². The maximum Gasteiger partial charge on any atom is 0.265 e. The molecule has 0 aliphatic heterocycles. The van der Waals surface area contributed by atoms with Crippen molar-refractivity contribution in [2.45, 2.75) is 13.8 Å². The van der Waals surface area contributed by atoms with Gasteiger partial charge >= 0.3 is 0 Å². The van der Waals surface area contributed by atoms with Gasteiger partial charge in [0.05, 0.1) is 24.0 Å². The molecule has 0 spiro atoms. The lowest BCUT2D eigenvalue weighted by molar-refractivity contribution is 0.415. The first kappa shape index (κ1) is 19.5. The molecule has 0 fully saturated rings. The molecular formula is C25H22N2O3. The van der Waals surface area contributed by atoms with Crippen LogP contribution in [0.15, 0.2) is 76.5 Å². The van der Waals surface area contributed by atoms with E-state index in [1.54, 1.807) is 19.4 Å². The zero-order valence-electron chi connectivity index (χ0n) is 17.1. The summed E-state index contributed by atoms with van der Waals surface area (Å²) in [5.41, 5.74) is 3.70. The largest absolute Gasteiger partial charge is 0.497 e. The number of methoxy groups -OCH3 is 1. The second-order valence-electron chi connectivity index (χ2n) is 7.15. The third kappa shape index (κ3) is 3.46. The van der Waals surface area contributed by atoms with Crippen LogP contribution in [0.2, 0.25) is 0 Å². The quantitative estimate of drug-likeness (QED) is 0.488. The molecule has 0 saturated carbocycles. The van der Waals surface area contributed by atoms with Crippen molar-refractivity contribution in [3.05, 3.63) is 93.8 Å². The highest BCUT2D eigenvalue weighted by Crippen LogP contribution is 2.27. The predicted octanol–water partition coefficient (Wildman–Crippen LogP) is 5.07. The highest BCUT2D eigenvalue weighted by Gasteiger charge is 2.16. The molecule has 150 valence electrons. The summed E-state index contributed by atoms with van der Waals surface area (Å²) in [6.07, 6.45) is 1.59. The van der Waals surface area contributed by atoms with Gasteiger partial charge in [0, 0.05) is 17.0 Å².